The first-order chi connectivity index (χ1) is 9.51. The zero-order chi connectivity index (χ0) is 14.8. The molecule has 0 aromatic heterocycles. The fourth-order valence-electron chi connectivity index (χ4n) is 1.91. The van der Waals surface area contributed by atoms with Gasteiger partial charge < -0.3 is 15.8 Å². The van der Waals surface area contributed by atoms with E-state index in [9.17, 15) is 9.18 Å². The van der Waals surface area contributed by atoms with Gasteiger partial charge in [-0.3, -0.25) is 4.39 Å². The number of benzene rings is 1. The molecule has 110 valence electrons. The number of hydrogen-bond acceptors (Lipinski definition) is 4. The van der Waals surface area contributed by atoms with Crippen molar-refractivity contribution in [1.82, 2.24) is 0 Å². The van der Waals surface area contributed by atoms with Gasteiger partial charge in [-0.1, -0.05) is 0 Å². The molecule has 20 heavy (non-hydrogen) atoms. The minimum atomic E-state index is -0.375. The number of carbonyl (C=O) groups is 1. The third kappa shape index (κ3) is 3.34. The molecule has 3 N–H and O–H groups in total. The summed E-state index contributed by atoms with van der Waals surface area (Å²) in [7, 11) is 0. The lowest BCUT2D eigenvalue weighted by Gasteiger charge is -2.16. The molecular weight excluding hydrogens is 374 g/mol. The summed E-state index contributed by atoms with van der Waals surface area (Å²) in [6.07, 6.45) is 1.79. The number of anilines is 2. The SMILES string of the molecule is CCOC(=O)c1cc(I)c(N)c(NCC2(CF)CC2)c1. The standard InChI is InChI=1S/C14H18FIN2O2/c1-2-20-13(19)9-5-10(16)12(17)11(6-9)18-8-14(7-15)3-4-14/h5-6,18H,2-4,7-8,17H2,1H3. The van der Waals surface area contributed by atoms with Gasteiger partial charge in [0.25, 0.3) is 0 Å². The van der Waals surface area contributed by atoms with E-state index in [0.717, 1.165) is 16.4 Å². The number of halogens is 2. The summed E-state index contributed by atoms with van der Waals surface area (Å²) in [6.45, 7) is 2.30. The number of ether oxygens (including phenoxy) is 1. The molecule has 0 unspecified atom stereocenters. The third-order valence-electron chi connectivity index (χ3n) is 3.54. The first-order valence-electron chi connectivity index (χ1n) is 6.57. The van der Waals surface area contributed by atoms with Crippen molar-refractivity contribution in [2.24, 2.45) is 5.41 Å². The van der Waals surface area contributed by atoms with Gasteiger partial charge in [0.2, 0.25) is 0 Å². The maximum Gasteiger partial charge on any atom is 0.338 e. The molecule has 6 heteroatoms. The van der Waals surface area contributed by atoms with Gasteiger partial charge in [-0.2, -0.15) is 0 Å². The van der Waals surface area contributed by atoms with E-state index in [1.807, 2.05) is 0 Å². The number of nitrogens with two attached hydrogens (primary N) is 1. The average molecular weight is 392 g/mol. The third-order valence-corrected chi connectivity index (χ3v) is 4.43. The summed E-state index contributed by atoms with van der Waals surface area (Å²) in [5.74, 6) is -0.375. The first kappa shape index (κ1) is 15.3. The van der Waals surface area contributed by atoms with Crippen LogP contribution in [0.2, 0.25) is 0 Å². The largest absolute Gasteiger partial charge is 0.462 e. The molecule has 0 aliphatic heterocycles. The molecule has 1 aromatic carbocycles. The van der Waals surface area contributed by atoms with Crippen molar-refractivity contribution in [2.45, 2.75) is 19.8 Å². The highest BCUT2D eigenvalue weighted by atomic mass is 127. The van der Waals surface area contributed by atoms with Gasteiger partial charge in [-0.05, 0) is 54.5 Å². The van der Waals surface area contributed by atoms with Crippen LogP contribution in [0.15, 0.2) is 12.1 Å². The number of rotatable bonds is 6. The molecule has 0 heterocycles. The lowest BCUT2D eigenvalue weighted by molar-refractivity contribution is 0.0526. The summed E-state index contributed by atoms with van der Waals surface area (Å²) in [4.78, 5) is 11.8. The molecule has 4 nitrogen and oxygen atoms in total. The van der Waals surface area contributed by atoms with Crippen LogP contribution in [0.5, 0.6) is 0 Å². The predicted octanol–water partition coefficient (Wildman–Crippen LogP) is 3.21. The molecule has 1 saturated carbocycles. The summed E-state index contributed by atoms with van der Waals surface area (Å²) < 4.78 is 18.6. The van der Waals surface area contributed by atoms with Crippen molar-refractivity contribution >= 4 is 39.9 Å². The highest BCUT2D eigenvalue weighted by Crippen LogP contribution is 2.46. The van der Waals surface area contributed by atoms with Crippen LogP contribution in [0.25, 0.3) is 0 Å². The molecule has 1 aliphatic carbocycles. The van der Waals surface area contributed by atoms with Gasteiger partial charge >= 0.3 is 5.97 Å². The minimum absolute atomic E-state index is 0.238. The molecule has 1 fully saturated rings. The normalized spacial score (nSPS) is 15.8. The van der Waals surface area contributed by atoms with Crippen LogP contribution in [-0.4, -0.2) is 25.8 Å². The lowest BCUT2D eigenvalue weighted by atomic mass is 10.1. The molecule has 0 amide bonds. The van der Waals surface area contributed by atoms with Crippen molar-refractivity contribution < 1.29 is 13.9 Å². The van der Waals surface area contributed by atoms with Gasteiger partial charge in [0.15, 0.2) is 0 Å². The summed E-state index contributed by atoms with van der Waals surface area (Å²) in [5, 5.41) is 3.17. The minimum Gasteiger partial charge on any atom is -0.462 e. The van der Waals surface area contributed by atoms with Crippen molar-refractivity contribution in [3.05, 3.63) is 21.3 Å². The average Bonchev–Trinajstić information content (AvgIpc) is 3.21. The van der Waals surface area contributed by atoms with Crippen LogP contribution in [0.4, 0.5) is 15.8 Å². The second-order valence-corrected chi connectivity index (χ2v) is 6.29. The maximum absolute atomic E-state index is 12.9. The Labute approximate surface area is 131 Å². The number of nitrogens with one attached hydrogen (secondary N) is 1. The van der Waals surface area contributed by atoms with Gasteiger partial charge in [-0.15, -0.1) is 0 Å². The van der Waals surface area contributed by atoms with E-state index in [1.54, 1.807) is 19.1 Å². The molecule has 0 saturated heterocycles. The van der Waals surface area contributed by atoms with Crippen molar-refractivity contribution in [3.63, 3.8) is 0 Å². The van der Waals surface area contributed by atoms with Gasteiger partial charge in [-0.25, -0.2) is 4.79 Å². The summed E-state index contributed by atoms with van der Waals surface area (Å²) >= 11 is 2.08. The zero-order valence-electron chi connectivity index (χ0n) is 11.3. The fraction of sp³-hybridized carbons (Fsp3) is 0.500. The Hall–Kier alpha value is -1.05. The molecular formula is C14H18FIN2O2. The zero-order valence-corrected chi connectivity index (χ0v) is 13.5. The topological polar surface area (TPSA) is 64.3 Å². The molecule has 0 atom stereocenters. The Morgan fingerprint density at radius 1 is 1.55 bits per heavy atom. The van der Waals surface area contributed by atoms with E-state index in [4.69, 9.17) is 10.5 Å². The van der Waals surface area contributed by atoms with E-state index < -0.39 is 0 Å². The molecule has 2 rings (SSSR count). The van der Waals surface area contributed by atoms with Crippen molar-refractivity contribution in [2.75, 3.05) is 30.9 Å². The maximum atomic E-state index is 12.9. The monoisotopic (exact) mass is 392 g/mol. The Kier molecular flexibility index (Phi) is 4.72. The van der Waals surface area contributed by atoms with E-state index in [2.05, 4.69) is 27.9 Å². The molecule has 1 aliphatic rings. The highest BCUT2D eigenvalue weighted by Gasteiger charge is 2.42. The lowest BCUT2D eigenvalue weighted by Crippen LogP contribution is -2.18. The van der Waals surface area contributed by atoms with Crippen molar-refractivity contribution in [1.29, 1.82) is 0 Å². The Morgan fingerprint density at radius 3 is 2.80 bits per heavy atom. The smallest absolute Gasteiger partial charge is 0.338 e. The Morgan fingerprint density at radius 2 is 2.25 bits per heavy atom. The van der Waals surface area contributed by atoms with Gasteiger partial charge in [0, 0.05) is 15.5 Å². The summed E-state index contributed by atoms with van der Waals surface area (Å²) in [5.41, 5.74) is 7.46. The van der Waals surface area contributed by atoms with E-state index >= 15 is 0 Å². The number of esters is 1. The number of alkyl halides is 1. The van der Waals surface area contributed by atoms with Crippen LogP contribution in [0, 0.1) is 8.99 Å². The van der Waals surface area contributed by atoms with E-state index in [1.165, 1.54) is 0 Å². The first-order valence-corrected chi connectivity index (χ1v) is 7.65. The second-order valence-electron chi connectivity index (χ2n) is 5.13. The van der Waals surface area contributed by atoms with Crippen LogP contribution >= 0.6 is 22.6 Å². The molecule has 0 bridgehead atoms. The Bertz CT molecular complexity index is 518. The van der Waals surface area contributed by atoms with Crippen LogP contribution in [0.3, 0.4) is 0 Å². The number of hydrogen-bond donors (Lipinski definition) is 2. The van der Waals surface area contributed by atoms with Crippen LogP contribution in [0.1, 0.15) is 30.1 Å². The fourth-order valence-corrected chi connectivity index (χ4v) is 2.54. The second kappa shape index (κ2) is 6.15. The van der Waals surface area contributed by atoms with E-state index in [-0.39, 0.29) is 18.1 Å². The quantitative estimate of drug-likeness (QED) is 0.444. The summed E-state index contributed by atoms with van der Waals surface area (Å²) in [6, 6.07) is 3.37. The Balaban J connectivity index is 2.16. The van der Waals surface area contributed by atoms with E-state index in [0.29, 0.717) is 30.1 Å². The van der Waals surface area contributed by atoms with Gasteiger partial charge in [0.1, 0.15) is 0 Å². The number of nitrogen functional groups attached to an aromatic ring is 1. The predicted molar refractivity (Wildman–Crippen MR) is 85.7 cm³/mol. The van der Waals surface area contributed by atoms with Crippen LogP contribution in [-0.2, 0) is 4.74 Å². The molecule has 0 radical (unpaired) electrons. The van der Waals surface area contributed by atoms with Crippen molar-refractivity contribution in [3.8, 4) is 0 Å². The molecule has 1 aromatic rings. The molecule has 0 spiro atoms. The highest BCUT2D eigenvalue weighted by molar-refractivity contribution is 14.1. The number of carbonyl (C=O) groups excluding carboxylic acids is 1. The van der Waals surface area contributed by atoms with Gasteiger partial charge in [0.05, 0.1) is 30.2 Å². The van der Waals surface area contributed by atoms with Crippen LogP contribution < -0.4 is 11.1 Å².